The highest BCUT2D eigenvalue weighted by atomic mass is 16.5. The first-order valence-corrected chi connectivity index (χ1v) is 6.70. The highest BCUT2D eigenvalue weighted by Crippen LogP contribution is 2.12. The largest absolute Gasteiger partial charge is 0.395 e. The lowest BCUT2D eigenvalue weighted by Gasteiger charge is -2.09. The van der Waals surface area contributed by atoms with E-state index in [9.17, 15) is 4.79 Å². The Morgan fingerprint density at radius 3 is 2.86 bits per heavy atom. The lowest BCUT2D eigenvalue weighted by molar-refractivity contribution is 0.228. The van der Waals surface area contributed by atoms with Gasteiger partial charge in [-0.3, -0.25) is 0 Å². The molecule has 112 valence electrons. The van der Waals surface area contributed by atoms with Crippen LogP contribution in [0.4, 0.5) is 4.79 Å². The van der Waals surface area contributed by atoms with Gasteiger partial charge in [0.1, 0.15) is 6.04 Å². The molecule has 2 rings (SSSR count). The minimum Gasteiger partial charge on any atom is -0.395 e. The van der Waals surface area contributed by atoms with E-state index in [4.69, 9.17) is 9.63 Å². The molecular weight excluding hydrogens is 272 g/mol. The van der Waals surface area contributed by atoms with Gasteiger partial charge in [0.2, 0.25) is 5.89 Å². The van der Waals surface area contributed by atoms with Crippen LogP contribution in [0, 0.1) is 0 Å². The predicted octanol–water partition coefficient (Wildman–Crippen LogP) is 1.01. The molecule has 1 heterocycles. The minimum atomic E-state index is -0.402. The zero-order valence-corrected chi connectivity index (χ0v) is 11.7. The number of amides is 2. The van der Waals surface area contributed by atoms with E-state index in [0.29, 0.717) is 18.1 Å². The Hall–Kier alpha value is -2.41. The van der Waals surface area contributed by atoms with E-state index < -0.39 is 6.04 Å². The van der Waals surface area contributed by atoms with Crippen LogP contribution >= 0.6 is 0 Å². The van der Waals surface area contributed by atoms with Crippen LogP contribution in [0.15, 0.2) is 34.9 Å². The van der Waals surface area contributed by atoms with Crippen molar-refractivity contribution in [1.29, 1.82) is 0 Å². The molecule has 1 aromatic heterocycles. The molecule has 2 amide bonds. The van der Waals surface area contributed by atoms with Gasteiger partial charge in [0, 0.05) is 13.0 Å². The van der Waals surface area contributed by atoms with Gasteiger partial charge in [0.25, 0.3) is 0 Å². The SMILES string of the molecule is CC(NC(=O)NCCO)c1nc(Cc2ccccc2)no1. The number of hydrogen-bond donors (Lipinski definition) is 3. The number of benzene rings is 1. The molecule has 1 atom stereocenters. The first-order chi connectivity index (χ1) is 10.2. The topological polar surface area (TPSA) is 100 Å². The number of aromatic nitrogens is 2. The van der Waals surface area contributed by atoms with Crippen molar-refractivity contribution in [2.24, 2.45) is 0 Å². The Morgan fingerprint density at radius 1 is 1.38 bits per heavy atom. The number of nitrogens with one attached hydrogen (secondary N) is 2. The molecule has 3 N–H and O–H groups in total. The standard InChI is InChI=1S/C14H18N4O3/c1-10(16-14(20)15-7-8-19)13-17-12(18-21-13)9-11-5-3-2-4-6-11/h2-6,10,19H,7-9H2,1H3,(H2,15,16,20). The van der Waals surface area contributed by atoms with Gasteiger partial charge in [-0.05, 0) is 12.5 Å². The number of rotatable bonds is 6. The van der Waals surface area contributed by atoms with E-state index in [2.05, 4.69) is 20.8 Å². The zero-order valence-electron chi connectivity index (χ0n) is 11.7. The quantitative estimate of drug-likeness (QED) is 0.737. The van der Waals surface area contributed by atoms with Crippen LogP contribution in [0.1, 0.15) is 30.2 Å². The maximum Gasteiger partial charge on any atom is 0.315 e. The Bertz CT molecular complexity index is 571. The maximum absolute atomic E-state index is 11.5. The first kappa shape index (κ1) is 15.0. The van der Waals surface area contributed by atoms with E-state index >= 15 is 0 Å². The second kappa shape index (κ2) is 7.39. The molecule has 1 aromatic carbocycles. The Balaban J connectivity index is 1.91. The third kappa shape index (κ3) is 4.57. The molecule has 2 aromatic rings. The van der Waals surface area contributed by atoms with E-state index in [1.165, 1.54) is 0 Å². The molecule has 0 saturated carbocycles. The fourth-order valence-electron chi connectivity index (χ4n) is 1.77. The summed E-state index contributed by atoms with van der Waals surface area (Å²) in [5, 5.41) is 17.7. The number of carbonyl (C=O) groups excluding carboxylic acids is 1. The molecule has 0 aliphatic carbocycles. The van der Waals surface area contributed by atoms with E-state index in [0.717, 1.165) is 5.56 Å². The lowest BCUT2D eigenvalue weighted by atomic mass is 10.1. The first-order valence-electron chi connectivity index (χ1n) is 6.70. The van der Waals surface area contributed by atoms with Gasteiger partial charge in [-0.25, -0.2) is 4.79 Å². The summed E-state index contributed by atoms with van der Waals surface area (Å²) in [5.74, 6) is 0.917. The van der Waals surface area contributed by atoms with Crippen molar-refractivity contribution in [3.05, 3.63) is 47.6 Å². The number of nitrogens with zero attached hydrogens (tertiary/aromatic N) is 2. The summed E-state index contributed by atoms with van der Waals surface area (Å²) in [6, 6.07) is 9.03. The van der Waals surface area contributed by atoms with Crippen LogP contribution in [-0.4, -0.2) is 34.4 Å². The maximum atomic E-state index is 11.5. The molecule has 0 aliphatic heterocycles. The smallest absolute Gasteiger partial charge is 0.315 e. The van der Waals surface area contributed by atoms with Crippen molar-refractivity contribution < 1.29 is 14.4 Å². The summed E-state index contributed by atoms with van der Waals surface area (Å²) in [4.78, 5) is 15.7. The van der Waals surface area contributed by atoms with Crippen molar-refractivity contribution >= 4 is 6.03 Å². The van der Waals surface area contributed by atoms with Crippen molar-refractivity contribution in [2.45, 2.75) is 19.4 Å². The predicted molar refractivity (Wildman–Crippen MR) is 75.6 cm³/mol. The number of aliphatic hydroxyl groups excluding tert-OH is 1. The molecule has 0 spiro atoms. The summed E-state index contributed by atoms with van der Waals surface area (Å²) in [6.45, 7) is 1.84. The minimum absolute atomic E-state index is 0.108. The van der Waals surface area contributed by atoms with Gasteiger partial charge >= 0.3 is 6.03 Å². The average molecular weight is 290 g/mol. The lowest BCUT2D eigenvalue weighted by Crippen LogP contribution is -2.38. The Kier molecular flexibility index (Phi) is 5.28. The monoisotopic (exact) mass is 290 g/mol. The summed E-state index contributed by atoms with van der Waals surface area (Å²) < 4.78 is 5.15. The summed E-state index contributed by atoms with van der Waals surface area (Å²) in [7, 11) is 0. The number of urea groups is 1. The number of aliphatic hydroxyl groups is 1. The van der Waals surface area contributed by atoms with Gasteiger partial charge in [0.15, 0.2) is 5.82 Å². The molecule has 0 radical (unpaired) electrons. The average Bonchev–Trinajstić information content (AvgIpc) is 2.95. The number of hydrogen-bond acceptors (Lipinski definition) is 5. The van der Waals surface area contributed by atoms with Crippen LogP contribution in [0.5, 0.6) is 0 Å². The van der Waals surface area contributed by atoms with Crippen molar-refractivity contribution in [2.75, 3.05) is 13.2 Å². The summed E-state index contributed by atoms with van der Waals surface area (Å²) in [5.41, 5.74) is 1.09. The van der Waals surface area contributed by atoms with Crippen LogP contribution in [-0.2, 0) is 6.42 Å². The zero-order chi connectivity index (χ0) is 15.1. The van der Waals surface area contributed by atoms with Crippen molar-refractivity contribution in [3.8, 4) is 0 Å². The summed E-state index contributed by atoms with van der Waals surface area (Å²) >= 11 is 0. The third-order valence-corrected chi connectivity index (χ3v) is 2.80. The molecule has 0 aliphatic rings. The van der Waals surface area contributed by atoms with E-state index in [1.54, 1.807) is 6.92 Å². The van der Waals surface area contributed by atoms with Crippen LogP contribution in [0.25, 0.3) is 0 Å². The molecule has 1 unspecified atom stereocenters. The Morgan fingerprint density at radius 2 is 2.14 bits per heavy atom. The van der Waals surface area contributed by atoms with E-state index in [-0.39, 0.29) is 19.2 Å². The number of carbonyl (C=O) groups is 1. The molecule has 7 heteroatoms. The van der Waals surface area contributed by atoms with Crippen LogP contribution < -0.4 is 10.6 Å². The second-order valence-corrected chi connectivity index (χ2v) is 4.56. The summed E-state index contributed by atoms with van der Waals surface area (Å²) in [6.07, 6.45) is 0.577. The molecule has 0 bridgehead atoms. The van der Waals surface area contributed by atoms with Crippen molar-refractivity contribution in [1.82, 2.24) is 20.8 Å². The van der Waals surface area contributed by atoms with Gasteiger partial charge < -0.3 is 20.3 Å². The highest BCUT2D eigenvalue weighted by molar-refractivity contribution is 5.74. The van der Waals surface area contributed by atoms with Gasteiger partial charge in [0.05, 0.1) is 6.61 Å². The normalized spacial score (nSPS) is 11.9. The highest BCUT2D eigenvalue weighted by Gasteiger charge is 2.16. The second-order valence-electron chi connectivity index (χ2n) is 4.56. The molecule has 0 saturated heterocycles. The molecule has 21 heavy (non-hydrogen) atoms. The molecular formula is C14H18N4O3. The Labute approximate surface area is 122 Å². The molecule has 7 nitrogen and oxygen atoms in total. The van der Waals surface area contributed by atoms with E-state index in [1.807, 2.05) is 30.3 Å². The van der Waals surface area contributed by atoms with Gasteiger partial charge in [-0.15, -0.1) is 0 Å². The van der Waals surface area contributed by atoms with Crippen LogP contribution in [0.2, 0.25) is 0 Å². The third-order valence-electron chi connectivity index (χ3n) is 2.80. The van der Waals surface area contributed by atoms with Crippen molar-refractivity contribution in [3.63, 3.8) is 0 Å². The molecule has 0 fully saturated rings. The fourth-order valence-corrected chi connectivity index (χ4v) is 1.77. The fraction of sp³-hybridized carbons (Fsp3) is 0.357. The van der Waals surface area contributed by atoms with Gasteiger partial charge in [-0.2, -0.15) is 4.98 Å². The van der Waals surface area contributed by atoms with Gasteiger partial charge in [-0.1, -0.05) is 35.5 Å². The van der Waals surface area contributed by atoms with Crippen LogP contribution in [0.3, 0.4) is 0 Å².